The van der Waals surface area contributed by atoms with Gasteiger partial charge in [0.15, 0.2) is 0 Å². The van der Waals surface area contributed by atoms with Crippen molar-refractivity contribution < 1.29 is 14.3 Å². The van der Waals surface area contributed by atoms with Crippen molar-refractivity contribution in [3.05, 3.63) is 34.4 Å². The van der Waals surface area contributed by atoms with Gasteiger partial charge in [0, 0.05) is 35.7 Å². The molecule has 1 atom stereocenters. The molecule has 1 amide bonds. The summed E-state index contributed by atoms with van der Waals surface area (Å²) in [6.07, 6.45) is 5.18. The van der Waals surface area contributed by atoms with Gasteiger partial charge in [0.05, 0.1) is 12.2 Å². The molecule has 4 rings (SSSR count). The van der Waals surface area contributed by atoms with E-state index in [4.69, 9.17) is 21.1 Å². The Hall–Kier alpha value is -1.52. The van der Waals surface area contributed by atoms with Crippen LogP contribution >= 0.6 is 11.6 Å². The van der Waals surface area contributed by atoms with E-state index in [-0.39, 0.29) is 11.3 Å². The Morgan fingerprint density at radius 3 is 3.04 bits per heavy atom. The molecule has 0 aliphatic carbocycles. The number of hydrogen-bond acceptors (Lipinski definition) is 3. The van der Waals surface area contributed by atoms with Gasteiger partial charge in [0.25, 0.3) is 5.91 Å². The molecule has 4 nitrogen and oxygen atoms in total. The van der Waals surface area contributed by atoms with Crippen molar-refractivity contribution in [2.75, 3.05) is 32.9 Å². The molecule has 23 heavy (non-hydrogen) atoms. The number of rotatable bonds is 1. The molecule has 1 aromatic rings. The highest BCUT2D eigenvalue weighted by atomic mass is 35.5. The summed E-state index contributed by atoms with van der Waals surface area (Å²) in [5, 5.41) is 0.650. The van der Waals surface area contributed by atoms with Crippen LogP contribution in [0, 0.1) is 5.41 Å². The first kappa shape index (κ1) is 15.0. The molecule has 1 spiro atoms. The normalized spacial score (nSPS) is 26.7. The molecule has 3 aliphatic rings. The minimum atomic E-state index is 0.0848. The molecule has 1 unspecified atom stereocenters. The van der Waals surface area contributed by atoms with Gasteiger partial charge in [-0.25, -0.2) is 0 Å². The standard InChI is InChI=1S/C18H20ClNO3/c19-15-2-3-16-13(9-15)8-14(10-23-16)17(21)20-6-1-4-18(11-20)5-7-22-12-18/h2-3,8-9H,1,4-7,10-12H2. The van der Waals surface area contributed by atoms with E-state index >= 15 is 0 Å². The van der Waals surface area contributed by atoms with Crippen LogP contribution in [0.25, 0.3) is 6.08 Å². The van der Waals surface area contributed by atoms with Crippen molar-refractivity contribution in [3.8, 4) is 5.75 Å². The Bertz CT molecular complexity index is 664. The lowest BCUT2D eigenvalue weighted by Gasteiger charge is -2.40. The molecule has 0 saturated carbocycles. The fraction of sp³-hybridized carbons (Fsp3) is 0.500. The molecule has 2 saturated heterocycles. The molecule has 2 fully saturated rings. The van der Waals surface area contributed by atoms with Crippen LogP contribution in [0.1, 0.15) is 24.8 Å². The van der Waals surface area contributed by atoms with Gasteiger partial charge < -0.3 is 14.4 Å². The second kappa shape index (κ2) is 5.84. The van der Waals surface area contributed by atoms with E-state index in [0.717, 1.165) is 56.9 Å². The highest BCUT2D eigenvalue weighted by Gasteiger charge is 2.40. The maximum atomic E-state index is 12.9. The third-order valence-corrected chi connectivity index (χ3v) is 5.33. The molecule has 0 bridgehead atoms. The maximum Gasteiger partial charge on any atom is 0.253 e. The third kappa shape index (κ3) is 2.86. The van der Waals surface area contributed by atoms with Crippen LogP contribution in [-0.4, -0.2) is 43.7 Å². The van der Waals surface area contributed by atoms with E-state index < -0.39 is 0 Å². The Labute approximate surface area is 141 Å². The van der Waals surface area contributed by atoms with Crippen LogP contribution < -0.4 is 4.74 Å². The number of halogens is 1. The molecule has 122 valence electrons. The lowest BCUT2D eigenvalue weighted by atomic mass is 9.79. The average molecular weight is 334 g/mol. The molecule has 3 heterocycles. The lowest BCUT2D eigenvalue weighted by Crippen LogP contribution is -2.47. The summed E-state index contributed by atoms with van der Waals surface area (Å²) in [7, 11) is 0. The number of carbonyl (C=O) groups excluding carboxylic acids is 1. The molecule has 3 aliphatic heterocycles. The van der Waals surface area contributed by atoms with Crippen LogP contribution in [-0.2, 0) is 9.53 Å². The number of hydrogen-bond donors (Lipinski definition) is 0. The fourth-order valence-electron chi connectivity index (χ4n) is 3.83. The second-order valence-electron chi connectivity index (χ2n) is 6.77. The third-order valence-electron chi connectivity index (χ3n) is 5.09. The van der Waals surface area contributed by atoms with Crippen LogP contribution in [0.4, 0.5) is 0 Å². The van der Waals surface area contributed by atoms with Gasteiger partial charge in [-0.1, -0.05) is 11.6 Å². The Morgan fingerprint density at radius 2 is 2.22 bits per heavy atom. The Morgan fingerprint density at radius 1 is 1.30 bits per heavy atom. The van der Waals surface area contributed by atoms with Crippen LogP contribution in [0.5, 0.6) is 5.75 Å². The number of likely N-dealkylation sites (tertiary alicyclic amines) is 1. The number of benzene rings is 1. The first-order chi connectivity index (χ1) is 11.2. The number of ether oxygens (including phenoxy) is 2. The minimum absolute atomic E-state index is 0.0848. The smallest absolute Gasteiger partial charge is 0.253 e. The quantitative estimate of drug-likeness (QED) is 0.792. The number of amides is 1. The Balaban J connectivity index is 1.55. The van der Waals surface area contributed by atoms with Crippen LogP contribution in [0.2, 0.25) is 5.02 Å². The molecule has 5 heteroatoms. The van der Waals surface area contributed by atoms with E-state index in [1.54, 1.807) is 6.07 Å². The first-order valence-corrected chi connectivity index (χ1v) is 8.53. The SMILES string of the molecule is O=C(C1=Cc2cc(Cl)ccc2OC1)N1CCCC2(CCOC2)C1. The monoisotopic (exact) mass is 333 g/mol. The van der Waals surface area contributed by atoms with Gasteiger partial charge in [-0.3, -0.25) is 4.79 Å². The van der Waals surface area contributed by atoms with E-state index in [1.807, 2.05) is 23.1 Å². The Kier molecular flexibility index (Phi) is 3.82. The number of fused-ring (bicyclic) bond motifs is 1. The molecular weight excluding hydrogens is 314 g/mol. The van der Waals surface area contributed by atoms with Crippen LogP contribution in [0.3, 0.4) is 0 Å². The van der Waals surface area contributed by atoms with Gasteiger partial charge in [-0.05, 0) is 43.5 Å². The van der Waals surface area contributed by atoms with Gasteiger partial charge in [-0.15, -0.1) is 0 Å². The average Bonchev–Trinajstić information content (AvgIpc) is 3.01. The predicted octanol–water partition coefficient (Wildman–Crippen LogP) is 3.14. The summed E-state index contributed by atoms with van der Waals surface area (Å²) < 4.78 is 11.3. The molecule has 0 radical (unpaired) electrons. The van der Waals surface area contributed by atoms with Gasteiger partial charge >= 0.3 is 0 Å². The van der Waals surface area contributed by atoms with Crippen molar-refractivity contribution in [2.45, 2.75) is 19.3 Å². The van der Waals surface area contributed by atoms with Crippen molar-refractivity contribution in [1.29, 1.82) is 0 Å². The zero-order valence-electron chi connectivity index (χ0n) is 13.0. The van der Waals surface area contributed by atoms with E-state index in [9.17, 15) is 4.79 Å². The minimum Gasteiger partial charge on any atom is -0.488 e. The zero-order chi connectivity index (χ0) is 15.9. The van der Waals surface area contributed by atoms with Crippen molar-refractivity contribution in [1.82, 2.24) is 4.90 Å². The summed E-state index contributed by atoms with van der Waals surface area (Å²) in [6, 6.07) is 5.49. The summed E-state index contributed by atoms with van der Waals surface area (Å²) >= 11 is 6.04. The van der Waals surface area contributed by atoms with Gasteiger partial charge in [-0.2, -0.15) is 0 Å². The fourth-order valence-corrected chi connectivity index (χ4v) is 4.01. The number of nitrogens with zero attached hydrogens (tertiary/aromatic N) is 1. The van der Waals surface area contributed by atoms with E-state index in [1.165, 1.54) is 0 Å². The van der Waals surface area contributed by atoms with Gasteiger partial charge in [0.1, 0.15) is 12.4 Å². The first-order valence-electron chi connectivity index (χ1n) is 8.15. The second-order valence-corrected chi connectivity index (χ2v) is 7.21. The summed E-state index contributed by atoms with van der Waals surface area (Å²) in [5.41, 5.74) is 1.75. The topological polar surface area (TPSA) is 38.8 Å². The van der Waals surface area contributed by atoms with E-state index in [2.05, 4.69) is 0 Å². The van der Waals surface area contributed by atoms with Gasteiger partial charge in [0.2, 0.25) is 0 Å². The van der Waals surface area contributed by atoms with E-state index in [0.29, 0.717) is 17.2 Å². The van der Waals surface area contributed by atoms with Crippen molar-refractivity contribution in [3.63, 3.8) is 0 Å². The number of carbonyl (C=O) groups is 1. The largest absolute Gasteiger partial charge is 0.488 e. The summed E-state index contributed by atoms with van der Waals surface area (Å²) in [5.74, 6) is 0.867. The maximum absolute atomic E-state index is 12.9. The highest BCUT2D eigenvalue weighted by molar-refractivity contribution is 6.30. The molecule has 0 N–H and O–H groups in total. The zero-order valence-corrected chi connectivity index (χ0v) is 13.8. The number of piperidine rings is 1. The highest BCUT2D eigenvalue weighted by Crippen LogP contribution is 2.38. The molecule has 0 aromatic heterocycles. The summed E-state index contributed by atoms with van der Waals surface area (Å²) in [6.45, 7) is 3.55. The van der Waals surface area contributed by atoms with Crippen molar-refractivity contribution in [2.24, 2.45) is 5.41 Å². The lowest BCUT2D eigenvalue weighted by molar-refractivity contribution is -0.130. The molecular formula is C18H20ClNO3. The summed E-state index contributed by atoms with van der Waals surface area (Å²) in [4.78, 5) is 14.9. The van der Waals surface area contributed by atoms with Crippen molar-refractivity contribution >= 4 is 23.6 Å². The van der Waals surface area contributed by atoms with Crippen LogP contribution in [0.15, 0.2) is 23.8 Å². The molecule has 1 aromatic carbocycles. The predicted molar refractivity (Wildman–Crippen MR) is 88.6 cm³/mol.